The van der Waals surface area contributed by atoms with Crippen molar-refractivity contribution in [2.45, 2.75) is 33.4 Å². The van der Waals surface area contributed by atoms with Crippen molar-refractivity contribution in [1.29, 1.82) is 0 Å². The summed E-state index contributed by atoms with van der Waals surface area (Å²) in [5, 5.41) is 12.5. The lowest BCUT2D eigenvalue weighted by atomic mass is 10.0. The number of rotatable bonds is 7. The first kappa shape index (κ1) is 14.9. The van der Waals surface area contributed by atoms with Crippen LogP contribution in [0, 0.1) is 11.7 Å². The van der Waals surface area contributed by atoms with Crippen LogP contribution in [0.4, 0.5) is 4.39 Å². The molecule has 0 heterocycles. The predicted octanol–water partition coefficient (Wildman–Crippen LogP) is 2.68. The zero-order valence-corrected chi connectivity index (χ0v) is 11.2. The van der Waals surface area contributed by atoms with Crippen LogP contribution in [0.5, 0.6) is 5.75 Å². The van der Waals surface area contributed by atoms with Gasteiger partial charge in [0.1, 0.15) is 0 Å². The minimum absolute atomic E-state index is 0.238. The SMILES string of the molecule is CCOCC(NCc1ccc(O)c(F)c1)C(C)C. The summed E-state index contributed by atoms with van der Waals surface area (Å²) in [7, 11) is 0. The summed E-state index contributed by atoms with van der Waals surface area (Å²) >= 11 is 0. The molecular weight excluding hydrogens is 233 g/mol. The number of halogens is 1. The smallest absolute Gasteiger partial charge is 0.165 e. The van der Waals surface area contributed by atoms with E-state index in [1.165, 1.54) is 12.1 Å². The largest absolute Gasteiger partial charge is 0.505 e. The molecule has 1 atom stereocenters. The first-order valence-corrected chi connectivity index (χ1v) is 6.33. The van der Waals surface area contributed by atoms with Gasteiger partial charge in [0.05, 0.1) is 6.61 Å². The van der Waals surface area contributed by atoms with Gasteiger partial charge >= 0.3 is 0 Å². The molecule has 0 aliphatic heterocycles. The summed E-state index contributed by atoms with van der Waals surface area (Å²) in [6, 6.07) is 4.67. The quantitative estimate of drug-likeness (QED) is 0.787. The predicted molar refractivity (Wildman–Crippen MR) is 70.0 cm³/mol. The Hall–Kier alpha value is -1.13. The molecule has 102 valence electrons. The zero-order valence-electron chi connectivity index (χ0n) is 11.2. The van der Waals surface area contributed by atoms with Gasteiger partial charge in [-0.3, -0.25) is 0 Å². The molecule has 0 aliphatic carbocycles. The molecule has 18 heavy (non-hydrogen) atoms. The maximum absolute atomic E-state index is 13.2. The lowest BCUT2D eigenvalue weighted by molar-refractivity contribution is 0.108. The Morgan fingerprint density at radius 2 is 2.11 bits per heavy atom. The number of aromatic hydroxyl groups is 1. The van der Waals surface area contributed by atoms with Gasteiger partial charge in [-0.25, -0.2) is 4.39 Å². The summed E-state index contributed by atoms with van der Waals surface area (Å²) in [5.41, 5.74) is 0.812. The molecule has 4 heteroatoms. The lowest BCUT2D eigenvalue weighted by Gasteiger charge is -2.22. The van der Waals surface area contributed by atoms with Crippen molar-refractivity contribution in [2.24, 2.45) is 5.92 Å². The van der Waals surface area contributed by atoms with Crippen LogP contribution in [0.15, 0.2) is 18.2 Å². The van der Waals surface area contributed by atoms with Crippen molar-refractivity contribution in [2.75, 3.05) is 13.2 Å². The van der Waals surface area contributed by atoms with E-state index in [1.54, 1.807) is 6.07 Å². The second-order valence-electron chi connectivity index (χ2n) is 4.68. The van der Waals surface area contributed by atoms with Gasteiger partial charge in [-0.05, 0) is 30.5 Å². The average molecular weight is 255 g/mol. The maximum Gasteiger partial charge on any atom is 0.165 e. The van der Waals surface area contributed by atoms with Crippen molar-refractivity contribution in [3.8, 4) is 5.75 Å². The number of phenolic OH excluding ortho intramolecular Hbond substituents is 1. The normalized spacial score (nSPS) is 12.9. The molecule has 0 saturated heterocycles. The summed E-state index contributed by atoms with van der Waals surface area (Å²) in [4.78, 5) is 0. The summed E-state index contributed by atoms with van der Waals surface area (Å²) in [6.07, 6.45) is 0. The molecule has 3 nitrogen and oxygen atoms in total. The van der Waals surface area contributed by atoms with Crippen LogP contribution in [0.1, 0.15) is 26.3 Å². The van der Waals surface area contributed by atoms with Crippen LogP contribution in [-0.2, 0) is 11.3 Å². The number of hydrogen-bond donors (Lipinski definition) is 2. The Kier molecular flexibility index (Phi) is 6.09. The summed E-state index contributed by atoms with van der Waals surface area (Å²) in [6.45, 7) is 8.11. The fraction of sp³-hybridized carbons (Fsp3) is 0.571. The first-order valence-electron chi connectivity index (χ1n) is 6.33. The molecule has 1 rings (SSSR count). The number of phenols is 1. The van der Waals surface area contributed by atoms with Gasteiger partial charge in [0, 0.05) is 19.2 Å². The molecular formula is C14H22FNO2. The van der Waals surface area contributed by atoms with Crippen molar-refractivity contribution >= 4 is 0 Å². The van der Waals surface area contributed by atoms with Crippen LogP contribution in [0.25, 0.3) is 0 Å². The monoisotopic (exact) mass is 255 g/mol. The number of hydrogen-bond acceptors (Lipinski definition) is 3. The summed E-state index contributed by atoms with van der Waals surface area (Å²) < 4.78 is 18.6. The second kappa shape index (κ2) is 7.34. The minimum atomic E-state index is -0.583. The van der Waals surface area contributed by atoms with E-state index in [1.807, 2.05) is 6.92 Å². The van der Waals surface area contributed by atoms with Gasteiger partial charge in [0.25, 0.3) is 0 Å². The molecule has 0 spiro atoms. The molecule has 2 N–H and O–H groups in total. The third kappa shape index (κ3) is 4.63. The van der Waals surface area contributed by atoms with E-state index >= 15 is 0 Å². The Labute approximate surface area is 108 Å². The van der Waals surface area contributed by atoms with Crippen molar-refractivity contribution < 1.29 is 14.2 Å². The van der Waals surface area contributed by atoms with Gasteiger partial charge in [0.15, 0.2) is 11.6 Å². The van der Waals surface area contributed by atoms with Gasteiger partial charge in [-0.2, -0.15) is 0 Å². The highest BCUT2D eigenvalue weighted by Crippen LogP contribution is 2.16. The number of ether oxygens (including phenoxy) is 1. The van der Waals surface area contributed by atoms with Gasteiger partial charge in [0.2, 0.25) is 0 Å². The Morgan fingerprint density at radius 3 is 2.67 bits per heavy atom. The molecule has 0 aliphatic rings. The van der Waals surface area contributed by atoms with Crippen LogP contribution < -0.4 is 5.32 Å². The fourth-order valence-corrected chi connectivity index (χ4v) is 1.64. The fourth-order valence-electron chi connectivity index (χ4n) is 1.64. The molecule has 0 aromatic heterocycles. The minimum Gasteiger partial charge on any atom is -0.505 e. The molecule has 1 aromatic carbocycles. The molecule has 0 amide bonds. The van der Waals surface area contributed by atoms with E-state index in [4.69, 9.17) is 9.84 Å². The topological polar surface area (TPSA) is 41.5 Å². The van der Waals surface area contributed by atoms with E-state index in [-0.39, 0.29) is 11.8 Å². The molecule has 1 aromatic rings. The van der Waals surface area contributed by atoms with Gasteiger partial charge in [-0.1, -0.05) is 19.9 Å². The van der Waals surface area contributed by atoms with Crippen molar-refractivity contribution in [3.63, 3.8) is 0 Å². The molecule has 0 fully saturated rings. The number of benzene rings is 1. The van der Waals surface area contributed by atoms with Gasteiger partial charge in [-0.15, -0.1) is 0 Å². The third-order valence-electron chi connectivity index (χ3n) is 2.89. The first-order chi connectivity index (χ1) is 8.54. The molecule has 0 bridgehead atoms. The van der Waals surface area contributed by atoms with Crippen molar-refractivity contribution in [3.05, 3.63) is 29.6 Å². The second-order valence-corrected chi connectivity index (χ2v) is 4.68. The third-order valence-corrected chi connectivity index (χ3v) is 2.89. The number of nitrogens with one attached hydrogen (secondary N) is 1. The highest BCUT2D eigenvalue weighted by atomic mass is 19.1. The standard InChI is InChI=1S/C14H22FNO2/c1-4-18-9-13(10(2)3)16-8-11-5-6-14(17)12(15)7-11/h5-7,10,13,16-17H,4,8-9H2,1-3H3. The van der Waals surface area contributed by atoms with E-state index < -0.39 is 5.82 Å². The maximum atomic E-state index is 13.2. The average Bonchev–Trinajstić information content (AvgIpc) is 2.33. The zero-order chi connectivity index (χ0) is 13.5. The van der Waals surface area contributed by atoms with E-state index in [9.17, 15) is 4.39 Å². The molecule has 0 radical (unpaired) electrons. The molecule has 0 saturated carbocycles. The van der Waals surface area contributed by atoms with Crippen LogP contribution in [-0.4, -0.2) is 24.4 Å². The van der Waals surface area contributed by atoms with E-state index in [0.29, 0.717) is 25.7 Å². The van der Waals surface area contributed by atoms with E-state index in [0.717, 1.165) is 5.56 Å². The van der Waals surface area contributed by atoms with E-state index in [2.05, 4.69) is 19.2 Å². The highest BCUT2D eigenvalue weighted by molar-refractivity contribution is 5.27. The van der Waals surface area contributed by atoms with Gasteiger partial charge < -0.3 is 15.2 Å². The highest BCUT2D eigenvalue weighted by Gasteiger charge is 2.13. The molecule has 1 unspecified atom stereocenters. The van der Waals surface area contributed by atoms with Crippen LogP contribution in [0.2, 0.25) is 0 Å². The summed E-state index contributed by atoms with van der Waals surface area (Å²) in [5.74, 6) is -0.452. The Morgan fingerprint density at radius 1 is 1.39 bits per heavy atom. The van der Waals surface area contributed by atoms with Crippen LogP contribution >= 0.6 is 0 Å². The lowest BCUT2D eigenvalue weighted by Crippen LogP contribution is -2.37. The van der Waals surface area contributed by atoms with Crippen molar-refractivity contribution in [1.82, 2.24) is 5.32 Å². The Bertz CT molecular complexity index is 369. The Balaban J connectivity index is 2.52. The van der Waals surface area contributed by atoms with Crippen LogP contribution in [0.3, 0.4) is 0 Å².